The SMILES string of the molecule is CC(C)C1CCN(C2C[C@@H]3CN(C4CCN(C(C)C)CC4)C[C@@H]3C2)CC1. The largest absolute Gasteiger partial charge is 0.301 e. The molecular formula is C23H43N3. The lowest BCUT2D eigenvalue weighted by Crippen LogP contribution is -2.47. The molecule has 0 aromatic heterocycles. The fourth-order valence-corrected chi connectivity index (χ4v) is 6.62. The molecule has 3 saturated heterocycles. The second-order valence-corrected chi connectivity index (χ2v) is 10.6. The smallest absolute Gasteiger partial charge is 0.0120 e. The van der Waals surface area contributed by atoms with Crippen molar-refractivity contribution in [3.05, 3.63) is 0 Å². The van der Waals surface area contributed by atoms with Crippen LogP contribution in [0.1, 0.15) is 66.2 Å². The van der Waals surface area contributed by atoms with E-state index in [2.05, 4.69) is 42.4 Å². The molecule has 3 heteroatoms. The van der Waals surface area contributed by atoms with Gasteiger partial charge in [-0.2, -0.15) is 0 Å². The summed E-state index contributed by atoms with van der Waals surface area (Å²) in [6.07, 6.45) is 8.71. The summed E-state index contributed by atoms with van der Waals surface area (Å²) in [6, 6.07) is 2.54. The van der Waals surface area contributed by atoms with E-state index in [1.54, 1.807) is 0 Å². The molecule has 0 bridgehead atoms. The molecule has 1 aliphatic carbocycles. The quantitative estimate of drug-likeness (QED) is 0.751. The molecule has 3 heterocycles. The molecule has 0 aromatic carbocycles. The Bertz CT molecular complexity index is 392. The number of likely N-dealkylation sites (tertiary alicyclic amines) is 3. The van der Waals surface area contributed by atoms with Gasteiger partial charge in [0.1, 0.15) is 0 Å². The topological polar surface area (TPSA) is 9.72 Å². The van der Waals surface area contributed by atoms with E-state index in [4.69, 9.17) is 0 Å². The molecule has 1 saturated carbocycles. The predicted octanol–water partition coefficient (Wildman–Crippen LogP) is 3.94. The van der Waals surface area contributed by atoms with Crippen molar-refractivity contribution >= 4 is 0 Å². The third kappa shape index (κ3) is 4.00. The van der Waals surface area contributed by atoms with E-state index in [1.807, 2.05) is 0 Å². The number of fused-ring (bicyclic) bond motifs is 1. The van der Waals surface area contributed by atoms with E-state index in [0.717, 1.165) is 41.8 Å². The van der Waals surface area contributed by atoms with Crippen LogP contribution in [0.3, 0.4) is 0 Å². The van der Waals surface area contributed by atoms with Crippen LogP contribution in [0.4, 0.5) is 0 Å². The van der Waals surface area contributed by atoms with Crippen LogP contribution in [0.2, 0.25) is 0 Å². The second kappa shape index (κ2) is 8.09. The minimum atomic E-state index is 0.731. The van der Waals surface area contributed by atoms with Gasteiger partial charge in [0, 0.05) is 31.2 Å². The van der Waals surface area contributed by atoms with Gasteiger partial charge < -0.3 is 9.80 Å². The van der Waals surface area contributed by atoms with Gasteiger partial charge in [0.15, 0.2) is 0 Å². The van der Waals surface area contributed by atoms with Crippen molar-refractivity contribution in [2.75, 3.05) is 39.3 Å². The number of hydrogen-bond acceptors (Lipinski definition) is 3. The number of piperidine rings is 2. The van der Waals surface area contributed by atoms with E-state index in [-0.39, 0.29) is 0 Å². The van der Waals surface area contributed by atoms with E-state index in [0.29, 0.717) is 0 Å². The van der Waals surface area contributed by atoms with E-state index < -0.39 is 0 Å². The molecule has 1 unspecified atom stereocenters. The highest BCUT2D eigenvalue weighted by Gasteiger charge is 2.45. The summed E-state index contributed by atoms with van der Waals surface area (Å²) >= 11 is 0. The van der Waals surface area contributed by atoms with Crippen LogP contribution in [0, 0.1) is 23.7 Å². The molecule has 0 amide bonds. The molecule has 0 radical (unpaired) electrons. The molecule has 150 valence electrons. The summed E-state index contributed by atoms with van der Waals surface area (Å²) in [6.45, 7) is 17.8. The van der Waals surface area contributed by atoms with Gasteiger partial charge in [-0.3, -0.25) is 4.90 Å². The molecule has 3 atom stereocenters. The van der Waals surface area contributed by atoms with Crippen molar-refractivity contribution in [2.45, 2.75) is 84.3 Å². The standard InChI is InChI=1S/C23H43N3/c1-17(2)19-5-9-25(10-6-19)23-13-20-15-26(16-21(20)14-23)22-7-11-24(12-8-22)18(3)4/h17-23H,5-16H2,1-4H3/t20-,21+,23?. The van der Waals surface area contributed by atoms with Gasteiger partial charge in [-0.1, -0.05) is 13.8 Å². The third-order valence-electron chi connectivity index (χ3n) is 8.53. The minimum Gasteiger partial charge on any atom is -0.301 e. The summed E-state index contributed by atoms with van der Waals surface area (Å²) in [5.41, 5.74) is 0. The van der Waals surface area contributed by atoms with Crippen LogP contribution >= 0.6 is 0 Å². The highest BCUT2D eigenvalue weighted by Crippen LogP contribution is 2.42. The average Bonchev–Trinajstić information content (AvgIpc) is 3.21. The van der Waals surface area contributed by atoms with Crippen molar-refractivity contribution in [3.8, 4) is 0 Å². The van der Waals surface area contributed by atoms with Crippen molar-refractivity contribution in [1.29, 1.82) is 0 Å². The zero-order chi connectivity index (χ0) is 18.3. The Morgan fingerprint density at radius 2 is 1.23 bits per heavy atom. The first-order chi connectivity index (χ1) is 12.5. The molecular weight excluding hydrogens is 318 g/mol. The van der Waals surface area contributed by atoms with Gasteiger partial charge in [0.2, 0.25) is 0 Å². The first-order valence-electron chi connectivity index (χ1n) is 11.7. The monoisotopic (exact) mass is 361 g/mol. The Morgan fingerprint density at radius 1 is 0.654 bits per heavy atom. The molecule has 4 fully saturated rings. The Labute approximate surface area is 162 Å². The maximum absolute atomic E-state index is 2.90. The van der Waals surface area contributed by atoms with Gasteiger partial charge in [-0.25, -0.2) is 0 Å². The highest BCUT2D eigenvalue weighted by atomic mass is 15.2. The Kier molecular flexibility index (Phi) is 5.98. The Hall–Kier alpha value is -0.120. The molecule has 0 spiro atoms. The van der Waals surface area contributed by atoms with Crippen LogP contribution in [0.15, 0.2) is 0 Å². The zero-order valence-electron chi connectivity index (χ0n) is 17.9. The summed E-state index contributed by atoms with van der Waals surface area (Å²) in [4.78, 5) is 8.45. The average molecular weight is 362 g/mol. The van der Waals surface area contributed by atoms with Crippen LogP contribution < -0.4 is 0 Å². The van der Waals surface area contributed by atoms with Crippen LogP contribution in [0.25, 0.3) is 0 Å². The summed E-state index contributed by atoms with van der Waals surface area (Å²) in [5, 5.41) is 0. The van der Waals surface area contributed by atoms with E-state index in [1.165, 1.54) is 77.8 Å². The third-order valence-corrected chi connectivity index (χ3v) is 8.53. The zero-order valence-corrected chi connectivity index (χ0v) is 17.9. The van der Waals surface area contributed by atoms with Crippen molar-refractivity contribution in [2.24, 2.45) is 23.7 Å². The molecule has 0 aromatic rings. The number of hydrogen-bond donors (Lipinski definition) is 0. The summed E-state index contributed by atoms with van der Waals surface area (Å²) in [7, 11) is 0. The maximum Gasteiger partial charge on any atom is 0.0120 e. The van der Waals surface area contributed by atoms with Gasteiger partial charge in [0.25, 0.3) is 0 Å². The first-order valence-corrected chi connectivity index (χ1v) is 11.7. The Morgan fingerprint density at radius 3 is 1.73 bits per heavy atom. The van der Waals surface area contributed by atoms with Crippen LogP contribution in [-0.2, 0) is 0 Å². The van der Waals surface area contributed by atoms with Gasteiger partial charge in [-0.05, 0) is 102 Å². The molecule has 4 aliphatic rings. The van der Waals surface area contributed by atoms with Gasteiger partial charge in [0.05, 0.1) is 0 Å². The number of nitrogens with zero attached hydrogens (tertiary/aromatic N) is 3. The lowest BCUT2D eigenvalue weighted by atomic mass is 9.86. The second-order valence-electron chi connectivity index (χ2n) is 10.6. The summed E-state index contributed by atoms with van der Waals surface area (Å²) in [5.74, 6) is 3.88. The highest BCUT2D eigenvalue weighted by molar-refractivity contribution is 4.98. The van der Waals surface area contributed by atoms with Gasteiger partial charge in [-0.15, -0.1) is 0 Å². The van der Waals surface area contributed by atoms with E-state index >= 15 is 0 Å². The van der Waals surface area contributed by atoms with Crippen LogP contribution in [0.5, 0.6) is 0 Å². The van der Waals surface area contributed by atoms with Crippen molar-refractivity contribution in [1.82, 2.24) is 14.7 Å². The minimum absolute atomic E-state index is 0.731. The lowest BCUT2D eigenvalue weighted by Gasteiger charge is -2.40. The van der Waals surface area contributed by atoms with Crippen molar-refractivity contribution in [3.63, 3.8) is 0 Å². The molecule has 26 heavy (non-hydrogen) atoms. The Balaban J connectivity index is 1.22. The predicted molar refractivity (Wildman–Crippen MR) is 110 cm³/mol. The molecule has 3 nitrogen and oxygen atoms in total. The fraction of sp³-hybridized carbons (Fsp3) is 1.00. The summed E-state index contributed by atoms with van der Waals surface area (Å²) < 4.78 is 0. The van der Waals surface area contributed by atoms with Crippen LogP contribution in [-0.4, -0.2) is 72.1 Å². The van der Waals surface area contributed by atoms with E-state index in [9.17, 15) is 0 Å². The lowest BCUT2D eigenvalue weighted by molar-refractivity contribution is 0.0890. The normalized spacial score (nSPS) is 36.5. The first kappa shape index (κ1) is 19.2. The maximum atomic E-state index is 2.90. The molecule has 0 N–H and O–H groups in total. The van der Waals surface area contributed by atoms with Crippen molar-refractivity contribution < 1.29 is 0 Å². The number of rotatable bonds is 4. The fourth-order valence-electron chi connectivity index (χ4n) is 6.62. The molecule has 4 rings (SSSR count). The molecule has 3 aliphatic heterocycles. The van der Waals surface area contributed by atoms with Gasteiger partial charge >= 0.3 is 0 Å².